The zero-order chi connectivity index (χ0) is 22.5. The van der Waals surface area contributed by atoms with Crippen molar-refractivity contribution in [1.29, 1.82) is 0 Å². The van der Waals surface area contributed by atoms with Gasteiger partial charge in [0.1, 0.15) is 17.1 Å². The van der Waals surface area contributed by atoms with Gasteiger partial charge >= 0.3 is 5.97 Å². The largest absolute Gasteiger partial charge is 0.494 e. The maximum Gasteiger partial charge on any atom is 0.305 e. The van der Waals surface area contributed by atoms with Crippen LogP contribution in [0.4, 0.5) is 0 Å². The van der Waals surface area contributed by atoms with E-state index in [1.165, 1.54) is 7.11 Å². The summed E-state index contributed by atoms with van der Waals surface area (Å²) in [5, 5.41) is 12.7. The number of carboxylic acid groups (broad SMARTS) is 1. The number of nitrogens with one attached hydrogen (secondary N) is 1. The molecule has 0 aliphatic heterocycles. The highest BCUT2D eigenvalue weighted by molar-refractivity contribution is 6.31. The second-order valence-corrected chi connectivity index (χ2v) is 7.68. The lowest BCUT2D eigenvalue weighted by molar-refractivity contribution is -0.137. The van der Waals surface area contributed by atoms with Crippen LogP contribution in [-0.2, 0) is 4.79 Å². The number of nitrogens with zero attached hydrogens (tertiary/aromatic N) is 1. The lowest BCUT2D eigenvalue weighted by Crippen LogP contribution is -2.31. The summed E-state index contributed by atoms with van der Waals surface area (Å²) in [7, 11) is 1.53. The normalized spacial score (nSPS) is 11.6. The van der Waals surface area contributed by atoms with E-state index in [0.29, 0.717) is 16.5 Å². The molecule has 3 rings (SSSR count). The molecule has 1 heterocycles. The standard InChI is InChI=1S/C24H23ClN2O4/c1-14-10-16(12-17(25)11-14)23-21(31-3)9-8-19(26-23)24(30)27-20(13-22(28)29)18-7-5-4-6-15(18)2/h4-12,20H,13H2,1-3H3,(H,27,30)(H,28,29)/t20-/m0/s1. The molecule has 3 aromatic rings. The fourth-order valence-electron chi connectivity index (χ4n) is 3.44. The predicted octanol–water partition coefficient (Wildman–Crippen LogP) is 4.97. The summed E-state index contributed by atoms with van der Waals surface area (Å²) in [6.07, 6.45) is -0.243. The van der Waals surface area contributed by atoms with E-state index in [-0.39, 0.29) is 12.1 Å². The number of carboxylic acids is 1. The van der Waals surface area contributed by atoms with E-state index in [9.17, 15) is 14.7 Å². The van der Waals surface area contributed by atoms with Crippen LogP contribution in [-0.4, -0.2) is 29.1 Å². The summed E-state index contributed by atoms with van der Waals surface area (Å²) < 4.78 is 5.42. The minimum absolute atomic E-state index is 0.150. The molecule has 0 saturated heterocycles. The van der Waals surface area contributed by atoms with Crippen molar-refractivity contribution in [2.75, 3.05) is 7.11 Å². The molecule has 0 unspecified atom stereocenters. The first-order chi connectivity index (χ1) is 14.8. The van der Waals surface area contributed by atoms with Gasteiger partial charge < -0.3 is 15.2 Å². The summed E-state index contributed by atoms with van der Waals surface area (Å²) in [5.41, 5.74) is 3.94. The van der Waals surface area contributed by atoms with Crippen molar-refractivity contribution in [3.8, 4) is 17.0 Å². The highest BCUT2D eigenvalue weighted by Crippen LogP contribution is 2.31. The Kier molecular flexibility index (Phi) is 6.92. The Labute approximate surface area is 185 Å². The molecule has 2 N–H and O–H groups in total. The summed E-state index contributed by atoms with van der Waals surface area (Å²) >= 11 is 6.19. The van der Waals surface area contributed by atoms with Crippen molar-refractivity contribution in [3.63, 3.8) is 0 Å². The molecular weight excluding hydrogens is 416 g/mol. The molecule has 160 valence electrons. The Morgan fingerprint density at radius 3 is 2.52 bits per heavy atom. The van der Waals surface area contributed by atoms with Gasteiger partial charge in [-0.3, -0.25) is 9.59 Å². The Bertz CT molecular complexity index is 1110. The van der Waals surface area contributed by atoms with Gasteiger partial charge in [0.15, 0.2) is 0 Å². The Balaban J connectivity index is 1.97. The average Bonchev–Trinajstić information content (AvgIpc) is 2.72. The summed E-state index contributed by atoms with van der Waals surface area (Å²) in [6.45, 7) is 3.79. The predicted molar refractivity (Wildman–Crippen MR) is 120 cm³/mol. The third-order valence-corrected chi connectivity index (χ3v) is 5.09. The number of amides is 1. The number of benzene rings is 2. The smallest absolute Gasteiger partial charge is 0.305 e. The molecule has 6 nitrogen and oxygen atoms in total. The molecule has 0 spiro atoms. The molecule has 0 bridgehead atoms. The van der Waals surface area contributed by atoms with Gasteiger partial charge in [-0.2, -0.15) is 0 Å². The van der Waals surface area contributed by atoms with Crippen molar-refractivity contribution >= 4 is 23.5 Å². The van der Waals surface area contributed by atoms with Gasteiger partial charge in [-0.1, -0.05) is 35.9 Å². The molecule has 0 aliphatic rings. The summed E-state index contributed by atoms with van der Waals surface area (Å²) in [4.78, 5) is 28.9. The molecule has 1 aromatic heterocycles. The quantitative estimate of drug-likeness (QED) is 0.543. The van der Waals surface area contributed by atoms with Crippen LogP contribution >= 0.6 is 11.6 Å². The molecule has 7 heteroatoms. The van der Waals surface area contributed by atoms with Crippen LogP contribution in [0.5, 0.6) is 5.75 Å². The van der Waals surface area contributed by atoms with Crippen molar-refractivity contribution in [2.45, 2.75) is 26.3 Å². The molecule has 31 heavy (non-hydrogen) atoms. The summed E-state index contributed by atoms with van der Waals surface area (Å²) in [5.74, 6) is -0.984. The van der Waals surface area contributed by atoms with Crippen molar-refractivity contribution in [3.05, 3.63) is 82.0 Å². The fraction of sp³-hybridized carbons (Fsp3) is 0.208. The van der Waals surface area contributed by atoms with Crippen LogP contribution < -0.4 is 10.1 Å². The molecule has 1 atom stereocenters. The second-order valence-electron chi connectivity index (χ2n) is 7.25. The number of pyridine rings is 1. The van der Waals surface area contributed by atoms with Crippen molar-refractivity contribution < 1.29 is 19.4 Å². The van der Waals surface area contributed by atoms with E-state index < -0.39 is 17.9 Å². The van der Waals surface area contributed by atoms with Crippen LogP contribution in [0, 0.1) is 13.8 Å². The van der Waals surface area contributed by atoms with E-state index in [0.717, 1.165) is 22.3 Å². The number of ether oxygens (including phenoxy) is 1. The van der Waals surface area contributed by atoms with E-state index in [4.69, 9.17) is 16.3 Å². The number of rotatable bonds is 7. The van der Waals surface area contributed by atoms with Crippen LogP contribution in [0.2, 0.25) is 5.02 Å². The van der Waals surface area contributed by atoms with Gasteiger partial charge in [0, 0.05) is 10.6 Å². The lowest BCUT2D eigenvalue weighted by Gasteiger charge is -2.19. The SMILES string of the molecule is COc1ccc(C(=O)N[C@@H](CC(=O)O)c2ccccc2C)nc1-c1cc(C)cc(Cl)c1. The third-order valence-electron chi connectivity index (χ3n) is 4.87. The highest BCUT2D eigenvalue weighted by Gasteiger charge is 2.22. The molecule has 0 saturated carbocycles. The zero-order valence-electron chi connectivity index (χ0n) is 17.5. The van der Waals surface area contributed by atoms with Crippen LogP contribution in [0.3, 0.4) is 0 Å². The number of aromatic nitrogens is 1. The Morgan fingerprint density at radius 1 is 1.13 bits per heavy atom. The molecular formula is C24H23ClN2O4. The second kappa shape index (κ2) is 9.62. The summed E-state index contributed by atoms with van der Waals surface area (Å²) in [6, 6.07) is 15.4. The minimum atomic E-state index is -1.01. The van der Waals surface area contributed by atoms with E-state index in [1.54, 1.807) is 18.2 Å². The number of hydrogen-bond donors (Lipinski definition) is 2. The molecule has 1 amide bonds. The van der Waals surface area contributed by atoms with Gasteiger partial charge in [-0.15, -0.1) is 0 Å². The van der Waals surface area contributed by atoms with Crippen molar-refractivity contribution in [1.82, 2.24) is 10.3 Å². The number of aryl methyl sites for hydroxylation is 2. The fourth-order valence-corrected chi connectivity index (χ4v) is 3.73. The first kappa shape index (κ1) is 22.3. The topological polar surface area (TPSA) is 88.5 Å². The van der Waals surface area contributed by atoms with Gasteiger partial charge in [-0.25, -0.2) is 4.98 Å². The van der Waals surface area contributed by atoms with Gasteiger partial charge in [0.25, 0.3) is 5.91 Å². The van der Waals surface area contributed by atoms with Gasteiger partial charge in [0.05, 0.1) is 19.6 Å². The van der Waals surface area contributed by atoms with Crippen LogP contribution in [0.15, 0.2) is 54.6 Å². The number of halogens is 1. The van der Waals surface area contributed by atoms with E-state index in [2.05, 4.69) is 10.3 Å². The van der Waals surface area contributed by atoms with Crippen molar-refractivity contribution in [2.24, 2.45) is 0 Å². The van der Waals surface area contributed by atoms with Gasteiger partial charge in [0.2, 0.25) is 0 Å². The maximum absolute atomic E-state index is 13.0. The number of aliphatic carboxylic acids is 1. The first-order valence-electron chi connectivity index (χ1n) is 9.69. The number of carbonyl (C=O) groups excluding carboxylic acids is 1. The van der Waals surface area contributed by atoms with Crippen LogP contribution in [0.25, 0.3) is 11.3 Å². The first-order valence-corrected chi connectivity index (χ1v) is 10.1. The lowest BCUT2D eigenvalue weighted by atomic mass is 9.98. The Hall–Kier alpha value is -3.38. The molecule has 0 fully saturated rings. The monoisotopic (exact) mass is 438 g/mol. The third kappa shape index (κ3) is 5.41. The minimum Gasteiger partial charge on any atom is -0.494 e. The Morgan fingerprint density at radius 2 is 1.87 bits per heavy atom. The number of methoxy groups -OCH3 is 1. The maximum atomic E-state index is 13.0. The average molecular weight is 439 g/mol. The highest BCUT2D eigenvalue weighted by atomic mass is 35.5. The van der Waals surface area contributed by atoms with E-state index in [1.807, 2.05) is 50.2 Å². The molecule has 0 radical (unpaired) electrons. The van der Waals surface area contributed by atoms with Crippen LogP contribution in [0.1, 0.15) is 39.6 Å². The number of carbonyl (C=O) groups is 2. The number of hydrogen-bond acceptors (Lipinski definition) is 4. The zero-order valence-corrected chi connectivity index (χ0v) is 18.2. The molecule has 2 aromatic carbocycles. The van der Waals surface area contributed by atoms with Gasteiger partial charge in [-0.05, 0) is 60.9 Å². The molecule has 0 aliphatic carbocycles. The van der Waals surface area contributed by atoms with E-state index >= 15 is 0 Å².